The number of aromatic nitrogens is 1. The zero-order chi connectivity index (χ0) is 16.9. The van der Waals surface area contributed by atoms with Crippen molar-refractivity contribution < 1.29 is 9.53 Å². The standard InChI is InChI=1S/C16H26N4O2/c1-11(19-15(21)22-16(3,4)5)9-18-10-13-7-14(8-17)20(6)12(13)2/h7,11,18H,9-10H2,1-6H3,(H,19,21). The van der Waals surface area contributed by atoms with Gasteiger partial charge >= 0.3 is 6.09 Å². The molecule has 6 heteroatoms. The van der Waals surface area contributed by atoms with Crippen LogP contribution in [0.25, 0.3) is 0 Å². The van der Waals surface area contributed by atoms with Crippen molar-refractivity contribution in [2.75, 3.05) is 6.54 Å². The highest BCUT2D eigenvalue weighted by Crippen LogP contribution is 2.13. The van der Waals surface area contributed by atoms with E-state index in [-0.39, 0.29) is 6.04 Å². The lowest BCUT2D eigenvalue weighted by Crippen LogP contribution is -2.42. The highest BCUT2D eigenvalue weighted by atomic mass is 16.6. The molecular formula is C16H26N4O2. The third-order valence-electron chi connectivity index (χ3n) is 3.28. The molecule has 0 aliphatic carbocycles. The minimum atomic E-state index is -0.494. The maximum Gasteiger partial charge on any atom is 0.407 e. The van der Waals surface area contributed by atoms with Gasteiger partial charge in [-0.3, -0.25) is 0 Å². The molecule has 0 aliphatic heterocycles. The Balaban J connectivity index is 2.41. The lowest BCUT2D eigenvalue weighted by molar-refractivity contribution is 0.0508. The van der Waals surface area contributed by atoms with E-state index in [9.17, 15) is 4.79 Å². The summed E-state index contributed by atoms with van der Waals surface area (Å²) in [5.74, 6) is 0. The first-order chi connectivity index (χ1) is 10.1. The largest absolute Gasteiger partial charge is 0.444 e. The molecule has 1 heterocycles. The molecule has 2 N–H and O–H groups in total. The molecule has 22 heavy (non-hydrogen) atoms. The van der Waals surface area contributed by atoms with Crippen molar-refractivity contribution in [2.45, 2.75) is 52.8 Å². The van der Waals surface area contributed by atoms with Crippen molar-refractivity contribution in [3.63, 3.8) is 0 Å². The number of nitrogens with zero attached hydrogens (tertiary/aromatic N) is 2. The first-order valence-electron chi connectivity index (χ1n) is 7.39. The van der Waals surface area contributed by atoms with Gasteiger partial charge in [0.1, 0.15) is 17.4 Å². The average molecular weight is 306 g/mol. The lowest BCUT2D eigenvalue weighted by atomic mass is 10.2. The number of rotatable bonds is 5. The maximum absolute atomic E-state index is 11.6. The van der Waals surface area contributed by atoms with Crippen LogP contribution < -0.4 is 10.6 Å². The topological polar surface area (TPSA) is 79.1 Å². The van der Waals surface area contributed by atoms with Gasteiger partial charge in [0, 0.05) is 31.9 Å². The van der Waals surface area contributed by atoms with Gasteiger partial charge in [0.25, 0.3) is 0 Å². The molecule has 122 valence electrons. The predicted molar refractivity (Wildman–Crippen MR) is 85.4 cm³/mol. The van der Waals surface area contributed by atoms with E-state index in [1.54, 1.807) is 0 Å². The minimum absolute atomic E-state index is 0.0469. The first kappa shape index (κ1) is 18.1. The molecule has 0 spiro atoms. The van der Waals surface area contributed by atoms with Crippen LogP contribution in [0, 0.1) is 18.3 Å². The van der Waals surface area contributed by atoms with E-state index in [0.717, 1.165) is 11.3 Å². The Morgan fingerprint density at radius 1 is 1.50 bits per heavy atom. The van der Waals surface area contributed by atoms with Gasteiger partial charge < -0.3 is 19.9 Å². The Kier molecular flexibility index (Phi) is 6.01. The third kappa shape index (κ3) is 5.41. The second kappa shape index (κ2) is 7.32. The Labute approximate surface area is 132 Å². The maximum atomic E-state index is 11.6. The number of nitriles is 1. The zero-order valence-electron chi connectivity index (χ0n) is 14.3. The van der Waals surface area contributed by atoms with Crippen LogP contribution in [0.3, 0.4) is 0 Å². The summed E-state index contributed by atoms with van der Waals surface area (Å²) < 4.78 is 7.08. The van der Waals surface area contributed by atoms with Gasteiger partial charge in [-0.05, 0) is 46.2 Å². The molecule has 1 rings (SSSR count). The van der Waals surface area contributed by atoms with Gasteiger partial charge in [0.2, 0.25) is 0 Å². The van der Waals surface area contributed by atoms with E-state index >= 15 is 0 Å². The normalized spacial score (nSPS) is 12.6. The van der Waals surface area contributed by atoms with Crippen LogP contribution in [0.5, 0.6) is 0 Å². The number of alkyl carbamates (subject to hydrolysis) is 1. The van der Waals surface area contributed by atoms with Gasteiger partial charge in [0.05, 0.1) is 0 Å². The van der Waals surface area contributed by atoms with E-state index in [2.05, 4.69) is 16.7 Å². The highest BCUT2D eigenvalue weighted by Gasteiger charge is 2.17. The number of ether oxygens (including phenoxy) is 1. The first-order valence-corrected chi connectivity index (χ1v) is 7.39. The lowest BCUT2D eigenvalue weighted by Gasteiger charge is -2.22. The van der Waals surface area contributed by atoms with Gasteiger partial charge in [-0.1, -0.05) is 0 Å². The molecule has 0 saturated carbocycles. The predicted octanol–water partition coefficient (Wildman–Crippen LogP) is 2.21. The van der Waals surface area contributed by atoms with Gasteiger partial charge in [0.15, 0.2) is 0 Å². The van der Waals surface area contributed by atoms with Crippen LogP contribution in [-0.2, 0) is 18.3 Å². The van der Waals surface area contributed by atoms with E-state index in [4.69, 9.17) is 10.00 Å². The van der Waals surface area contributed by atoms with Crippen LogP contribution in [0.4, 0.5) is 4.79 Å². The Bertz CT molecular complexity index is 564. The Hall–Kier alpha value is -2.00. The number of carbonyl (C=O) groups is 1. The fraction of sp³-hybridized carbons (Fsp3) is 0.625. The second-order valence-corrected chi connectivity index (χ2v) is 6.49. The number of hydrogen-bond donors (Lipinski definition) is 2. The van der Waals surface area contributed by atoms with Crippen molar-refractivity contribution in [3.05, 3.63) is 23.0 Å². The van der Waals surface area contributed by atoms with Gasteiger partial charge in [-0.25, -0.2) is 4.79 Å². The molecule has 0 fully saturated rings. The zero-order valence-corrected chi connectivity index (χ0v) is 14.3. The van der Waals surface area contributed by atoms with Crippen molar-refractivity contribution >= 4 is 6.09 Å². The summed E-state index contributed by atoms with van der Waals surface area (Å²) >= 11 is 0. The summed E-state index contributed by atoms with van der Waals surface area (Å²) in [4.78, 5) is 11.6. The monoisotopic (exact) mass is 306 g/mol. The molecule has 0 radical (unpaired) electrons. The number of amides is 1. The summed E-state index contributed by atoms with van der Waals surface area (Å²) in [7, 11) is 1.88. The van der Waals surface area contributed by atoms with Crippen LogP contribution in [0.1, 0.15) is 44.6 Å². The molecule has 1 aromatic heterocycles. The molecule has 1 amide bonds. The number of nitrogens with one attached hydrogen (secondary N) is 2. The molecule has 6 nitrogen and oxygen atoms in total. The van der Waals surface area contributed by atoms with E-state index in [0.29, 0.717) is 18.8 Å². The third-order valence-corrected chi connectivity index (χ3v) is 3.28. The molecule has 1 aromatic rings. The van der Waals surface area contributed by atoms with Crippen LogP contribution in [-0.4, -0.2) is 28.8 Å². The summed E-state index contributed by atoms with van der Waals surface area (Å²) in [5.41, 5.74) is 2.31. The van der Waals surface area contributed by atoms with Crippen LogP contribution >= 0.6 is 0 Å². The van der Waals surface area contributed by atoms with Crippen molar-refractivity contribution in [1.82, 2.24) is 15.2 Å². The fourth-order valence-electron chi connectivity index (χ4n) is 2.03. The van der Waals surface area contributed by atoms with E-state index in [1.165, 1.54) is 0 Å². The SMILES string of the molecule is Cc1c(CNCC(C)NC(=O)OC(C)(C)C)cc(C#N)n1C. The van der Waals surface area contributed by atoms with E-state index < -0.39 is 11.7 Å². The molecule has 0 bridgehead atoms. The smallest absolute Gasteiger partial charge is 0.407 e. The second-order valence-electron chi connectivity index (χ2n) is 6.49. The molecule has 1 unspecified atom stereocenters. The molecule has 0 aliphatic rings. The van der Waals surface area contributed by atoms with Crippen molar-refractivity contribution in [1.29, 1.82) is 5.26 Å². The highest BCUT2D eigenvalue weighted by molar-refractivity contribution is 5.68. The minimum Gasteiger partial charge on any atom is -0.444 e. The fourth-order valence-corrected chi connectivity index (χ4v) is 2.03. The molecule has 0 aromatic carbocycles. The quantitative estimate of drug-likeness (QED) is 0.874. The summed E-state index contributed by atoms with van der Waals surface area (Å²) in [6, 6.07) is 4.00. The Morgan fingerprint density at radius 2 is 2.14 bits per heavy atom. The summed E-state index contributed by atoms with van der Waals surface area (Å²) in [6.07, 6.45) is -0.413. The van der Waals surface area contributed by atoms with Gasteiger partial charge in [-0.2, -0.15) is 5.26 Å². The van der Waals surface area contributed by atoms with E-state index in [1.807, 2.05) is 52.3 Å². The molecular weight excluding hydrogens is 280 g/mol. The molecule has 0 saturated heterocycles. The van der Waals surface area contributed by atoms with Crippen molar-refractivity contribution in [2.24, 2.45) is 7.05 Å². The summed E-state index contributed by atoms with van der Waals surface area (Å²) in [5, 5.41) is 15.1. The van der Waals surface area contributed by atoms with Crippen molar-refractivity contribution in [3.8, 4) is 6.07 Å². The average Bonchev–Trinajstić information content (AvgIpc) is 2.64. The number of hydrogen-bond acceptors (Lipinski definition) is 4. The van der Waals surface area contributed by atoms with Gasteiger partial charge in [-0.15, -0.1) is 0 Å². The molecule has 1 atom stereocenters. The summed E-state index contributed by atoms with van der Waals surface area (Å²) in [6.45, 7) is 10.7. The van der Waals surface area contributed by atoms with Crippen LogP contribution in [0.2, 0.25) is 0 Å². The van der Waals surface area contributed by atoms with Crippen LogP contribution in [0.15, 0.2) is 6.07 Å². The Morgan fingerprint density at radius 3 is 2.64 bits per heavy atom. The number of carbonyl (C=O) groups excluding carboxylic acids is 1.